The van der Waals surface area contributed by atoms with Gasteiger partial charge in [-0.2, -0.15) is 0 Å². The fourth-order valence-corrected chi connectivity index (χ4v) is 2.58. The molecule has 11 heavy (non-hydrogen) atoms. The van der Waals surface area contributed by atoms with Gasteiger partial charge in [-0.3, -0.25) is 0 Å². The Morgan fingerprint density at radius 2 is 2.27 bits per heavy atom. The lowest BCUT2D eigenvalue weighted by Gasteiger charge is -2.47. The minimum atomic E-state index is 0.307. The fraction of sp³-hybridized carbons (Fsp3) is 1.00. The molecule has 3 fully saturated rings. The molecule has 3 aliphatic rings. The second kappa shape index (κ2) is 1.99. The van der Waals surface area contributed by atoms with Crippen LogP contribution in [0.5, 0.6) is 0 Å². The fourth-order valence-electron chi connectivity index (χ4n) is 2.58. The Balaban J connectivity index is 1.75. The van der Waals surface area contributed by atoms with Crippen molar-refractivity contribution in [3.05, 3.63) is 0 Å². The molecule has 2 heteroatoms. The van der Waals surface area contributed by atoms with E-state index in [0.717, 1.165) is 25.1 Å². The summed E-state index contributed by atoms with van der Waals surface area (Å²) in [5, 5.41) is 3.52. The van der Waals surface area contributed by atoms with E-state index in [4.69, 9.17) is 4.74 Å². The molecule has 3 rings (SSSR count). The minimum Gasteiger partial charge on any atom is -0.372 e. The van der Waals surface area contributed by atoms with Crippen LogP contribution in [0.2, 0.25) is 0 Å². The highest BCUT2D eigenvalue weighted by Crippen LogP contribution is 2.46. The van der Waals surface area contributed by atoms with E-state index < -0.39 is 0 Å². The van der Waals surface area contributed by atoms with Crippen LogP contribution in [0.4, 0.5) is 0 Å². The topological polar surface area (TPSA) is 21.3 Å². The van der Waals surface area contributed by atoms with Crippen LogP contribution in [-0.4, -0.2) is 24.8 Å². The maximum Gasteiger partial charge on any atom is 0.0961 e. The second-order valence-corrected chi connectivity index (χ2v) is 4.21. The maximum atomic E-state index is 5.83. The van der Waals surface area contributed by atoms with Crippen molar-refractivity contribution in [3.8, 4) is 0 Å². The van der Waals surface area contributed by atoms with Gasteiger partial charge in [0.1, 0.15) is 0 Å². The first-order valence-electron chi connectivity index (χ1n) is 4.78. The van der Waals surface area contributed by atoms with E-state index >= 15 is 0 Å². The van der Waals surface area contributed by atoms with Gasteiger partial charge in [0.05, 0.1) is 5.60 Å². The van der Waals surface area contributed by atoms with Gasteiger partial charge in [0.2, 0.25) is 0 Å². The largest absolute Gasteiger partial charge is 0.372 e. The Hall–Kier alpha value is -0.0800. The Bertz CT molecular complexity index is 170. The first-order valence-corrected chi connectivity index (χ1v) is 4.78. The summed E-state index contributed by atoms with van der Waals surface area (Å²) in [6.07, 6.45) is 5.46. The smallest absolute Gasteiger partial charge is 0.0961 e. The predicted molar refractivity (Wildman–Crippen MR) is 42.4 cm³/mol. The summed E-state index contributed by atoms with van der Waals surface area (Å²) in [6, 6.07) is 0.727. The lowest BCUT2D eigenvalue weighted by molar-refractivity contribution is -0.0838. The van der Waals surface area contributed by atoms with Gasteiger partial charge in [0, 0.05) is 19.2 Å². The molecule has 1 N–H and O–H groups in total. The summed E-state index contributed by atoms with van der Waals surface area (Å²) in [6.45, 7) is 2.12. The van der Waals surface area contributed by atoms with E-state index in [1.807, 2.05) is 0 Å². The molecule has 0 radical (unpaired) electrons. The van der Waals surface area contributed by atoms with Crippen molar-refractivity contribution in [2.24, 2.45) is 5.92 Å². The van der Waals surface area contributed by atoms with Gasteiger partial charge in [0.25, 0.3) is 0 Å². The summed E-state index contributed by atoms with van der Waals surface area (Å²) in [4.78, 5) is 0. The number of hydrogen-bond donors (Lipinski definition) is 1. The third-order valence-corrected chi connectivity index (χ3v) is 3.42. The standard InChI is InChI=1S/C9H15NO/c1-4-9(11-5-1)6-10-8(9)7-2-3-7/h7-8,10H,1-6H2/t8-,9-/m1/s1. The van der Waals surface area contributed by atoms with Crippen LogP contribution in [0.3, 0.4) is 0 Å². The molecule has 0 bridgehead atoms. The average Bonchev–Trinajstić information content (AvgIpc) is 2.68. The van der Waals surface area contributed by atoms with Crippen molar-refractivity contribution in [2.45, 2.75) is 37.3 Å². The van der Waals surface area contributed by atoms with Crippen molar-refractivity contribution in [1.82, 2.24) is 5.32 Å². The van der Waals surface area contributed by atoms with Crippen molar-refractivity contribution in [2.75, 3.05) is 13.2 Å². The Kier molecular flexibility index (Phi) is 1.16. The first-order chi connectivity index (χ1) is 5.41. The second-order valence-electron chi connectivity index (χ2n) is 4.21. The number of rotatable bonds is 1. The SMILES string of the molecule is C1CO[C@]2(C1)CN[C@@H]2C1CC1. The molecule has 2 aliphatic heterocycles. The Morgan fingerprint density at radius 3 is 2.73 bits per heavy atom. The lowest BCUT2D eigenvalue weighted by Crippen LogP contribution is -2.68. The number of ether oxygens (including phenoxy) is 1. The van der Waals surface area contributed by atoms with Gasteiger partial charge in [-0.25, -0.2) is 0 Å². The van der Waals surface area contributed by atoms with Crippen molar-refractivity contribution in [1.29, 1.82) is 0 Å². The molecule has 0 aromatic heterocycles. The molecule has 2 nitrogen and oxygen atoms in total. The highest BCUT2D eigenvalue weighted by molar-refractivity contribution is 5.11. The zero-order chi connectivity index (χ0) is 7.31. The van der Waals surface area contributed by atoms with Gasteiger partial charge >= 0.3 is 0 Å². The normalized spacial score (nSPS) is 49.6. The van der Waals surface area contributed by atoms with E-state index in [2.05, 4.69) is 5.32 Å². The quantitative estimate of drug-likeness (QED) is 0.604. The van der Waals surface area contributed by atoms with E-state index in [1.54, 1.807) is 0 Å². The van der Waals surface area contributed by atoms with Crippen molar-refractivity contribution >= 4 is 0 Å². The molecule has 0 unspecified atom stereocenters. The van der Waals surface area contributed by atoms with E-state index in [0.29, 0.717) is 5.60 Å². The van der Waals surface area contributed by atoms with Gasteiger partial charge < -0.3 is 10.1 Å². The zero-order valence-corrected chi connectivity index (χ0v) is 6.81. The van der Waals surface area contributed by atoms with E-state index in [1.165, 1.54) is 25.7 Å². The molecule has 2 heterocycles. The monoisotopic (exact) mass is 153 g/mol. The lowest BCUT2D eigenvalue weighted by atomic mass is 9.81. The number of hydrogen-bond acceptors (Lipinski definition) is 2. The van der Waals surface area contributed by atoms with Crippen LogP contribution < -0.4 is 5.32 Å². The molecule has 1 aliphatic carbocycles. The Morgan fingerprint density at radius 1 is 1.36 bits per heavy atom. The molecule has 1 saturated carbocycles. The molecular formula is C9H15NO. The highest BCUT2D eigenvalue weighted by atomic mass is 16.5. The van der Waals surface area contributed by atoms with Crippen LogP contribution >= 0.6 is 0 Å². The summed E-state index contributed by atoms with van der Waals surface area (Å²) in [5.74, 6) is 0.960. The van der Waals surface area contributed by atoms with E-state index in [9.17, 15) is 0 Å². The third-order valence-electron chi connectivity index (χ3n) is 3.42. The maximum absolute atomic E-state index is 5.83. The molecule has 0 aromatic carbocycles. The van der Waals surface area contributed by atoms with Crippen LogP contribution in [0.25, 0.3) is 0 Å². The third kappa shape index (κ3) is 0.798. The molecule has 0 amide bonds. The molecule has 2 saturated heterocycles. The highest BCUT2D eigenvalue weighted by Gasteiger charge is 2.55. The minimum absolute atomic E-state index is 0.307. The first kappa shape index (κ1) is 6.44. The Labute approximate surface area is 67.3 Å². The average molecular weight is 153 g/mol. The molecule has 1 spiro atoms. The van der Waals surface area contributed by atoms with Crippen molar-refractivity contribution in [3.63, 3.8) is 0 Å². The molecule has 0 aromatic rings. The summed E-state index contributed by atoms with van der Waals surface area (Å²) >= 11 is 0. The van der Waals surface area contributed by atoms with Crippen LogP contribution in [0.15, 0.2) is 0 Å². The summed E-state index contributed by atoms with van der Waals surface area (Å²) in [7, 11) is 0. The number of nitrogens with one attached hydrogen (secondary N) is 1. The molecular weight excluding hydrogens is 138 g/mol. The van der Waals surface area contributed by atoms with Gasteiger partial charge in [0.15, 0.2) is 0 Å². The molecule has 62 valence electrons. The van der Waals surface area contributed by atoms with Crippen LogP contribution in [0.1, 0.15) is 25.7 Å². The van der Waals surface area contributed by atoms with Crippen LogP contribution in [0, 0.1) is 5.92 Å². The summed E-state index contributed by atoms with van der Waals surface area (Å²) in [5.41, 5.74) is 0.307. The van der Waals surface area contributed by atoms with Crippen LogP contribution in [-0.2, 0) is 4.74 Å². The summed E-state index contributed by atoms with van der Waals surface area (Å²) < 4.78 is 5.83. The van der Waals surface area contributed by atoms with Gasteiger partial charge in [-0.15, -0.1) is 0 Å². The molecule has 2 atom stereocenters. The van der Waals surface area contributed by atoms with Gasteiger partial charge in [-0.1, -0.05) is 0 Å². The van der Waals surface area contributed by atoms with Gasteiger partial charge in [-0.05, 0) is 31.6 Å². The predicted octanol–water partition coefficient (Wildman–Crippen LogP) is 0.917. The van der Waals surface area contributed by atoms with E-state index in [-0.39, 0.29) is 0 Å². The van der Waals surface area contributed by atoms with Crippen molar-refractivity contribution < 1.29 is 4.74 Å². The zero-order valence-electron chi connectivity index (χ0n) is 6.81.